The predicted octanol–water partition coefficient (Wildman–Crippen LogP) is 4.73. The first-order valence-electron chi connectivity index (χ1n) is 11.9. The van der Waals surface area contributed by atoms with Crippen molar-refractivity contribution in [1.82, 2.24) is 19.7 Å². The number of benzene rings is 1. The van der Waals surface area contributed by atoms with Crippen molar-refractivity contribution in [1.29, 1.82) is 0 Å². The summed E-state index contributed by atoms with van der Waals surface area (Å²) >= 11 is 2.21. The van der Waals surface area contributed by atoms with E-state index in [1.54, 1.807) is 6.07 Å². The highest BCUT2D eigenvalue weighted by Crippen LogP contribution is 2.51. The minimum Gasteiger partial charge on any atom is -0.359 e. The zero-order valence-electron chi connectivity index (χ0n) is 20.0. The molecular weight excluding hydrogens is 562 g/mol. The largest absolute Gasteiger partial charge is 0.359 e. The number of nitrogens with two attached hydrogens (primary N) is 1. The fourth-order valence-corrected chi connectivity index (χ4v) is 6.58. The highest BCUT2D eigenvalue weighted by Gasteiger charge is 2.46. The number of halogens is 2. The Labute approximate surface area is 214 Å². The van der Waals surface area contributed by atoms with Crippen LogP contribution in [0.5, 0.6) is 0 Å². The van der Waals surface area contributed by atoms with Gasteiger partial charge in [0.2, 0.25) is 0 Å². The van der Waals surface area contributed by atoms with Crippen LogP contribution in [0.15, 0.2) is 24.4 Å². The molecule has 0 unspecified atom stereocenters. The van der Waals surface area contributed by atoms with E-state index in [-0.39, 0.29) is 17.3 Å². The van der Waals surface area contributed by atoms with E-state index in [1.165, 1.54) is 6.07 Å². The van der Waals surface area contributed by atoms with Gasteiger partial charge in [-0.05, 0) is 76.6 Å². The number of ether oxygens (including phenoxy) is 1. The van der Waals surface area contributed by atoms with Crippen LogP contribution in [-0.4, -0.2) is 47.5 Å². The third kappa shape index (κ3) is 4.61. The Morgan fingerprint density at radius 1 is 1.26 bits per heavy atom. The van der Waals surface area contributed by atoms with Crippen LogP contribution in [-0.2, 0) is 17.9 Å². The van der Waals surface area contributed by atoms with E-state index in [0.717, 1.165) is 76.8 Å². The fraction of sp³-hybridized carbons (Fsp3) is 0.542. The molecule has 0 saturated carbocycles. The zero-order valence-corrected chi connectivity index (χ0v) is 23.2. The maximum Gasteiger partial charge on any atom is 0.182 e. The summed E-state index contributed by atoms with van der Waals surface area (Å²) in [6.45, 7) is 9.86. The number of hydrogen-bond acceptors (Lipinski definition) is 6. The van der Waals surface area contributed by atoms with Crippen LogP contribution in [0.1, 0.15) is 30.0 Å². The highest BCUT2D eigenvalue weighted by atomic mass is 127. The summed E-state index contributed by atoms with van der Waals surface area (Å²) in [5.41, 5.74) is 10.4. The average molecular weight is 595 g/mol. The van der Waals surface area contributed by atoms with Gasteiger partial charge in [0.1, 0.15) is 23.9 Å². The molecule has 3 heterocycles. The molecule has 1 fully saturated rings. The first-order chi connectivity index (χ1) is 16.2. The van der Waals surface area contributed by atoms with Crippen molar-refractivity contribution in [2.75, 3.05) is 24.6 Å². The van der Waals surface area contributed by atoms with Gasteiger partial charge >= 0.3 is 0 Å². The number of fused-ring (bicyclic) bond motifs is 2. The molecule has 34 heavy (non-hydrogen) atoms. The van der Waals surface area contributed by atoms with Gasteiger partial charge in [-0.25, -0.2) is 19.0 Å². The van der Waals surface area contributed by atoms with Gasteiger partial charge in [-0.1, -0.05) is 25.7 Å². The van der Waals surface area contributed by atoms with Crippen molar-refractivity contribution >= 4 is 47.6 Å². The molecule has 7 nitrogen and oxygen atoms in total. The highest BCUT2D eigenvalue weighted by molar-refractivity contribution is 14.1. The number of aromatic nitrogens is 4. The van der Waals surface area contributed by atoms with E-state index >= 15 is 0 Å². The number of piperidine rings is 1. The maximum atomic E-state index is 13.8. The Balaban J connectivity index is 1.29. The molecule has 2 N–H and O–H groups in total. The summed E-state index contributed by atoms with van der Waals surface area (Å²) in [6, 6.07) is 6.12. The van der Waals surface area contributed by atoms with Crippen molar-refractivity contribution in [2.45, 2.75) is 57.7 Å². The molecule has 0 amide bonds. The van der Waals surface area contributed by atoms with Crippen molar-refractivity contribution in [3.63, 3.8) is 0 Å². The van der Waals surface area contributed by atoms with E-state index in [2.05, 4.69) is 57.2 Å². The summed E-state index contributed by atoms with van der Waals surface area (Å²) in [5.74, 6) is 0.678. The molecule has 5 rings (SSSR count). The van der Waals surface area contributed by atoms with E-state index in [4.69, 9.17) is 15.5 Å². The lowest BCUT2D eigenvalue weighted by Crippen LogP contribution is -2.44. The second-order valence-electron chi connectivity index (χ2n) is 10.9. The maximum absolute atomic E-state index is 13.8. The van der Waals surface area contributed by atoms with Crippen LogP contribution < -0.4 is 10.6 Å². The summed E-state index contributed by atoms with van der Waals surface area (Å²) in [5, 5.41) is 4.61. The van der Waals surface area contributed by atoms with E-state index in [1.807, 2.05) is 16.9 Å². The van der Waals surface area contributed by atoms with Crippen LogP contribution in [0.4, 0.5) is 10.2 Å². The quantitative estimate of drug-likeness (QED) is 0.253. The van der Waals surface area contributed by atoms with Crippen LogP contribution in [0.2, 0.25) is 25.7 Å². The van der Waals surface area contributed by atoms with Crippen molar-refractivity contribution in [3.8, 4) is 0 Å². The Kier molecular flexibility index (Phi) is 6.45. The van der Waals surface area contributed by atoms with Crippen LogP contribution >= 0.6 is 22.6 Å². The van der Waals surface area contributed by atoms with E-state index in [0.29, 0.717) is 6.73 Å². The molecule has 1 aromatic carbocycles. The lowest BCUT2D eigenvalue weighted by molar-refractivity contribution is 0.0810. The number of nitrogens with zero attached hydrogens (tertiary/aromatic N) is 5. The molecule has 182 valence electrons. The summed E-state index contributed by atoms with van der Waals surface area (Å²) in [4.78, 5) is 11.9. The van der Waals surface area contributed by atoms with Gasteiger partial charge in [0.05, 0.1) is 6.20 Å². The Hall–Kier alpha value is -1.63. The standard InChI is InChI=1S/C24H32FIN6OSi/c1-34(2,3)11-10-33-15-32-23-20(22(26)30-32)28-14-19(29-23)31-8-6-24(7-9-31)13-16-12-17(25)4-5-18(16)21(24)27/h4-5,12,14,21H,6-11,13,15,27H2,1-3H3/t21-/m1/s1. The Bertz CT molecular complexity index is 1200. The molecule has 1 aliphatic heterocycles. The fourth-order valence-electron chi connectivity index (χ4n) is 5.19. The van der Waals surface area contributed by atoms with Gasteiger partial charge in [-0.3, -0.25) is 0 Å². The monoisotopic (exact) mass is 594 g/mol. The van der Waals surface area contributed by atoms with Crippen LogP contribution in [0.25, 0.3) is 11.2 Å². The first kappa shape index (κ1) is 24.1. The normalized spacial score (nSPS) is 19.8. The second-order valence-corrected chi connectivity index (χ2v) is 17.5. The van der Waals surface area contributed by atoms with Gasteiger partial charge in [0.25, 0.3) is 0 Å². The molecule has 1 aliphatic carbocycles. The molecule has 1 spiro atoms. The molecule has 1 saturated heterocycles. The number of hydrogen-bond donors (Lipinski definition) is 1. The lowest BCUT2D eigenvalue weighted by Gasteiger charge is -2.42. The van der Waals surface area contributed by atoms with Crippen molar-refractivity contribution in [3.05, 3.63) is 45.0 Å². The molecule has 0 radical (unpaired) electrons. The summed E-state index contributed by atoms with van der Waals surface area (Å²) in [6.07, 6.45) is 4.58. The topological polar surface area (TPSA) is 82.1 Å². The first-order valence-corrected chi connectivity index (χ1v) is 16.7. The van der Waals surface area contributed by atoms with Gasteiger partial charge in [0.15, 0.2) is 9.35 Å². The lowest BCUT2D eigenvalue weighted by atomic mass is 9.73. The van der Waals surface area contributed by atoms with Crippen molar-refractivity contribution in [2.24, 2.45) is 11.1 Å². The van der Waals surface area contributed by atoms with Gasteiger partial charge in [-0.15, -0.1) is 0 Å². The van der Waals surface area contributed by atoms with Gasteiger partial charge in [0, 0.05) is 33.8 Å². The van der Waals surface area contributed by atoms with E-state index in [9.17, 15) is 4.39 Å². The molecule has 3 aromatic rings. The summed E-state index contributed by atoms with van der Waals surface area (Å²) < 4.78 is 22.3. The minimum atomic E-state index is -1.14. The average Bonchev–Trinajstić information content (AvgIpc) is 3.24. The van der Waals surface area contributed by atoms with E-state index < -0.39 is 8.07 Å². The number of anilines is 1. The van der Waals surface area contributed by atoms with Gasteiger partial charge in [-0.2, -0.15) is 5.10 Å². The molecule has 0 bridgehead atoms. The SMILES string of the molecule is C[Si](C)(C)CCOCn1nc(I)c2ncc(N3CCC4(CC3)Cc3cc(F)ccc3[C@H]4N)nc21. The molecule has 1 atom stereocenters. The Morgan fingerprint density at radius 3 is 2.76 bits per heavy atom. The molecule has 2 aliphatic rings. The smallest absolute Gasteiger partial charge is 0.182 e. The molecular formula is C24H32FIN6OSi. The van der Waals surface area contributed by atoms with Crippen LogP contribution in [0, 0.1) is 14.9 Å². The Morgan fingerprint density at radius 2 is 2.03 bits per heavy atom. The van der Waals surface area contributed by atoms with Crippen LogP contribution in [0.3, 0.4) is 0 Å². The predicted molar refractivity (Wildman–Crippen MR) is 143 cm³/mol. The molecule has 10 heteroatoms. The zero-order chi connectivity index (χ0) is 24.1. The minimum absolute atomic E-state index is 0.00842. The second kappa shape index (κ2) is 9.10. The third-order valence-corrected chi connectivity index (χ3v) is 9.76. The summed E-state index contributed by atoms with van der Waals surface area (Å²) in [7, 11) is -1.14. The van der Waals surface area contributed by atoms with Gasteiger partial charge < -0.3 is 15.4 Å². The number of rotatable bonds is 6. The third-order valence-electron chi connectivity index (χ3n) is 7.33. The molecule has 2 aromatic heterocycles. The van der Waals surface area contributed by atoms with Crippen molar-refractivity contribution < 1.29 is 9.13 Å².